The zero-order valence-corrected chi connectivity index (χ0v) is 17.7. The van der Waals surface area contributed by atoms with Crippen LogP contribution in [0.15, 0.2) is 47.4 Å². The Labute approximate surface area is 171 Å². The van der Waals surface area contributed by atoms with Crippen LogP contribution in [0.5, 0.6) is 11.5 Å². The summed E-state index contributed by atoms with van der Waals surface area (Å²) in [5.41, 5.74) is 1.44. The molecule has 2 aromatic carbocycles. The van der Waals surface area contributed by atoms with E-state index in [1.165, 1.54) is 11.4 Å². The van der Waals surface area contributed by atoms with Gasteiger partial charge in [0.2, 0.25) is 15.9 Å². The molecule has 7 nitrogen and oxygen atoms in total. The molecule has 0 aliphatic carbocycles. The van der Waals surface area contributed by atoms with Crippen LogP contribution < -0.4 is 14.8 Å². The van der Waals surface area contributed by atoms with Crippen LogP contribution in [-0.4, -0.2) is 45.4 Å². The molecule has 1 heterocycles. The van der Waals surface area contributed by atoms with Crippen molar-refractivity contribution in [1.82, 2.24) is 4.31 Å². The van der Waals surface area contributed by atoms with E-state index in [4.69, 9.17) is 9.47 Å². The van der Waals surface area contributed by atoms with Crippen molar-refractivity contribution in [3.05, 3.63) is 48.0 Å². The van der Waals surface area contributed by atoms with Gasteiger partial charge in [-0.25, -0.2) is 8.42 Å². The maximum atomic E-state index is 13.2. The van der Waals surface area contributed by atoms with Gasteiger partial charge < -0.3 is 14.8 Å². The average Bonchev–Trinajstić information content (AvgIpc) is 2.74. The number of benzene rings is 2. The Morgan fingerprint density at radius 2 is 1.79 bits per heavy atom. The van der Waals surface area contributed by atoms with Crippen LogP contribution >= 0.6 is 0 Å². The fourth-order valence-electron chi connectivity index (χ4n) is 3.42. The van der Waals surface area contributed by atoms with Crippen molar-refractivity contribution in [2.24, 2.45) is 0 Å². The third-order valence-corrected chi connectivity index (χ3v) is 6.97. The van der Waals surface area contributed by atoms with Crippen LogP contribution in [0.25, 0.3) is 0 Å². The number of anilines is 1. The Morgan fingerprint density at radius 3 is 2.45 bits per heavy atom. The van der Waals surface area contributed by atoms with Crippen molar-refractivity contribution in [2.75, 3.05) is 26.1 Å². The SMILES string of the molecule is COc1ccc(NC(=O)[C@H]2CCCCN2S(=O)(=O)c2ccc(C)cc2)c(OC)c1. The number of amides is 1. The van der Waals surface area contributed by atoms with E-state index in [1.807, 2.05) is 6.92 Å². The molecule has 0 spiro atoms. The highest BCUT2D eigenvalue weighted by Crippen LogP contribution is 2.31. The zero-order valence-electron chi connectivity index (χ0n) is 16.8. The highest BCUT2D eigenvalue weighted by Gasteiger charge is 2.37. The van der Waals surface area contributed by atoms with E-state index in [0.717, 1.165) is 18.4 Å². The minimum absolute atomic E-state index is 0.199. The first-order valence-corrected chi connectivity index (χ1v) is 10.9. The first-order valence-electron chi connectivity index (χ1n) is 9.48. The van der Waals surface area contributed by atoms with Crippen LogP contribution in [-0.2, 0) is 14.8 Å². The lowest BCUT2D eigenvalue weighted by atomic mass is 10.0. The Morgan fingerprint density at radius 1 is 1.07 bits per heavy atom. The number of piperidine rings is 1. The molecule has 0 saturated carbocycles. The number of sulfonamides is 1. The summed E-state index contributed by atoms with van der Waals surface area (Å²) < 4.78 is 38.2. The van der Waals surface area contributed by atoms with Gasteiger partial charge in [0.05, 0.1) is 24.8 Å². The monoisotopic (exact) mass is 418 g/mol. The molecule has 1 amide bonds. The third kappa shape index (κ3) is 4.54. The van der Waals surface area contributed by atoms with Crippen LogP contribution in [0.3, 0.4) is 0 Å². The molecule has 1 aliphatic heterocycles. The van der Waals surface area contributed by atoms with Gasteiger partial charge in [-0.05, 0) is 44.0 Å². The standard InChI is InChI=1S/C21H26N2O5S/c1-15-7-10-17(11-8-15)29(25,26)23-13-5-4-6-19(23)21(24)22-18-12-9-16(27-2)14-20(18)28-3/h7-12,14,19H,4-6,13H2,1-3H3,(H,22,24)/t19-/m1/s1. The Bertz CT molecular complexity index is 973. The maximum absolute atomic E-state index is 13.2. The second-order valence-electron chi connectivity index (χ2n) is 7.00. The van der Waals surface area contributed by atoms with Gasteiger partial charge in [0.15, 0.2) is 0 Å². The van der Waals surface area contributed by atoms with Crippen molar-refractivity contribution < 1.29 is 22.7 Å². The number of nitrogens with zero attached hydrogens (tertiary/aromatic N) is 1. The molecule has 1 saturated heterocycles. The number of hydrogen-bond donors (Lipinski definition) is 1. The molecule has 156 valence electrons. The molecule has 2 aromatic rings. The lowest BCUT2D eigenvalue weighted by Crippen LogP contribution is -2.49. The van der Waals surface area contributed by atoms with E-state index in [2.05, 4.69) is 5.32 Å². The van der Waals surface area contributed by atoms with Gasteiger partial charge in [-0.2, -0.15) is 4.31 Å². The van der Waals surface area contributed by atoms with E-state index in [-0.39, 0.29) is 10.8 Å². The first-order chi connectivity index (χ1) is 13.9. The predicted octanol–water partition coefficient (Wildman–Crippen LogP) is 3.19. The van der Waals surface area contributed by atoms with Gasteiger partial charge in [-0.1, -0.05) is 24.1 Å². The molecule has 1 fully saturated rings. The molecule has 0 radical (unpaired) electrons. The van der Waals surface area contributed by atoms with E-state index in [9.17, 15) is 13.2 Å². The van der Waals surface area contributed by atoms with Crippen molar-refractivity contribution in [2.45, 2.75) is 37.1 Å². The Balaban J connectivity index is 1.86. The number of aryl methyl sites for hydroxylation is 1. The van der Waals surface area contributed by atoms with E-state index < -0.39 is 16.1 Å². The van der Waals surface area contributed by atoms with Crippen molar-refractivity contribution in [1.29, 1.82) is 0 Å². The van der Waals surface area contributed by atoms with Crippen LogP contribution in [0.2, 0.25) is 0 Å². The third-order valence-electron chi connectivity index (χ3n) is 5.05. The number of hydrogen-bond acceptors (Lipinski definition) is 5. The van der Waals surface area contributed by atoms with Gasteiger partial charge in [0.25, 0.3) is 0 Å². The summed E-state index contributed by atoms with van der Waals surface area (Å²) in [6.45, 7) is 2.21. The van der Waals surface area contributed by atoms with Gasteiger partial charge in [-0.15, -0.1) is 0 Å². The largest absolute Gasteiger partial charge is 0.497 e. The zero-order chi connectivity index (χ0) is 21.0. The average molecular weight is 419 g/mol. The van der Waals surface area contributed by atoms with Gasteiger partial charge in [0, 0.05) is 12.6 Å². The first kappa shape index (κ1) is 21.1. The minimum atomic E-state index is -3.77. The van der Waals surface area contributed by atoms with Crippen molar-refractivity contribution in [3.8, 4) is 11.5 Å². The molecule has 1 N–H and O–H groups in total. The van der Waals surface area contributed by atoms with Crippen molar-refractivity contribution >= 4 is 21.6 Å². The predicted molar refractivity (Wildman–Crippen MR) is 111 cm³/mol. The molecule has 0 unspecified atom stereocenters. The van der Waals surface area contributed by atoms with Crippen LogP contribution in [0.1, 0.15) is 24.8 Å². The summed E-state index contributed by atoms with van der Waals surface area (Å²) in [6, 6.07) is 11.0. The Kier molecular flexibility index (Phi) is 6.44. The number of rotatable bonds is 6. The lowest BCUT2D eigenvalue weighted by Gasteiger charge is -2.33. The number of methoxy groups -OCH3 is 2. The number of nitrogens with one attached hydrogen (secondary N) is 1. The maximum Gasteiger partial charge on any atom is 0.243 e. The second kappa shape index (κ2) is 8.84. The topological polar surface area (TPSA) is 84.9 Å². The van der Waals surface area contributed by atoms with Gasteiger partial charge >= 0.3 is 0 Å². The number of carbonyl (C=O) groups is 1. The van der Waals surface area contributed by atoms with Crippen molar-refractivity contribution in [3.63, 3.8) is 0 Å². The summed E-state index contributed by atoms with van der Waals surface area (Å²) >= 11 is 0. The summed E-state index contributed by atoms with van der Waals surface area (Å²) in [7, 11) is -0.727. The molecule has 1 atom stereocenters. The summed E-state index contributed by atoms with van der Waals surface area (Å²) in [6.07, 6.45) is 1.98. The molecule has 8 heteroatoms. The van der Waals surface area contributed by atoms with Crippen LogP contribution in [0, 0.1) is 6.92 Å². The lowest BCUT2D eigenvalue weighted by molar-refractivity contribution is -0.120. The molecular formula is C21H26N2O5S. The molecular weight excluding hydrogens is 392 g/mol. The van der Waals surface area contributed by atoms with E-state index in [1.54, 1.807) is 49.6 Å². The molecule has 0 bridgehead atoms. The number of ether oxygens (including phenoxy) is 2. The van der Waals surface area contributed by atoms with Crippen LogP contribution in [0.4, 0.5) is 5.69 Å². The van der Waals surface area contributed by atoms with Gasteiger partial charge in [-0.3, -0.25) is 4.79 Å². The second-order valence-corrected chi connectivity index (χ2v) is 8.89. The highest BCUT2D eigenvalue weighted by atomic mass is 32.2. The fraction of sp³-hybridized carbons (Fsp3) is 0.381. The molecule has 3 rings (SSSR count). The number of carbonyl (C=O) groups excluding carboxylic acids is 1. The normalized spacial score (nSPS) is 17.6. The van der Waals surface area contributed by atoms with E-state index in [0.29, 0.717) is 30.2 Å². The quantitative estimate of drug-likeness (QED) is 0.779. The molecule has 1 aliphatic rings. The fourth-order valence-corrected chi connectivity index (χ4v) is 5.07. The summed E-state index contributed by atoms with van der Waals surface area (Å²) in [5.74, 6) is 0.673. The molecule has 0 aromatic heterocycles. The summed E-state index contributed by atoms with van der Waals surface area (Å²) in [4.78, 5) is 13.2. The highest BCUT2D eigenvalue weighted by molar-refractivity contribution is 7.89. The Hall–Kier alpha value is -2.58. The van der Waals surface area contributed by atoms with E-state index >= 15 is 0 Å². The van der Waals surface area contributed by atoms with Gasteiger partial charge in [0.1, 0.15) is 17.5 Å². The smallest absolute Gasteiger partial charge is 0.243 e. The summed E-state index contributed by atoms with van der Waals surface area (Å²) in [5, 5.41) is 2.82. The molecule has 29 heavy (non-hydrogen) atoms. The minimum Gasteiger partial charge on any atom is -0.497 e.